The lowest BCUT2D eigenvalue weighted by Crippen LogP contribution is -2.63. The van der Waals surface area contributed by atoms with Crippen molar-refractivity contribution < 1.29 is 24.3 Å². The summed E-state index contributed by atoms with van der Waals surface area (Å²) in [5.41, 5.74) is 1.82. The molecule has 2 heterocycles. The zero-order valence-corrected chi connectivity index (χ0v) is 14.4. The molecule has 0 bridgehead atoms. The van der Waals surface area contributed by atoms with Gasteiger partial charge >= 0.3 is 5.97 Å². The minimum Gasteiger partial charge on any atom is -0.480 e. The molecule has 3 unspecified atom stereocenters. The number of nitrogens with one attached hydrogen (secondary N) is 1. The summed E-state index contributed by atoms with van der Waals surface area (Å²) in [4.78, 5) is 48.6. The Labute approximate surface area is 150 Å². The number of nitrogens with zero attached hydrogens (tertiary/aromatic N) is 2. The van der Waals surface area contributed by atoms with Crippen molar-refractivity contribution in [1.82, 2.24) is 15.3 Å². The van der Waals surface area contributed by atoms with Crippen LogP contribution in [0.15, 0.2) is 42.1 Å². The van der Waals surface area contributed by atoms with Gasteiger partial charge in [-0.25, -0.2) is 0 Å². The third-order valence-electron chi connectivity index (χ3n) is 4.75. The van der Waals surface area contributed by atoms with Crippen LogP contribution in [-0.2, 0) is 19.2 Å². The number of carbonyl (C=O) groups is 4. The van der Waals surface area contributed by atoms with Crippen LogP contribution in [-0.4, -0.2) is 58.3 Å². The van der Waals surface area contributed by atoms with Crippen LogP contribution >= 0.6 is 0 Å². The van der Waals surface area contributed by atoms with Gasteiger partial charge in [-0.15, -0.1) is 0 Å². The van der Waals surface area contributed by atoms with Crippen molar-refractivity contribution in [2.75, 3.05) is 13.6 Å². The fourth-order valence-electron chi connectivity index (χ4n) is 3.54. The molecule has 0 aromatic heterocycles. The Balaban J connectivity index is 1.94. The number of amides is 2. The number of hydrogen-bond acceptors (Lipinski definition) is 5. The minimum atomic E-state index is -1.55. The molecule has 1 aromatic rings. The van der Waals surface area contributed by atoms with Crippen LogP contribution in [0.3, 0.4) is 0 Å². The topological polar surface area (TPSA) is 107 Å². The number of benzene rings is 1. The number of carbonyl (C=O) groups excluding carboxylic acids is 3. The Morgan fingerprint density at radius 2 is 1.85 bits per heavy atom. The summed E-state index contributed by atoms with van der Waals surface area (Å²) >= 11 is 0. The Morgan fingerprint density at radius 1 is 1.19 bits per heavy atom. The quantitative estimate of drug-likeness (QED) is 0.742. The van der Waals surface area contributed by atoms with Gasteiger partial charge in [0.25, 0.3) is 5.91 Å². The number of hydrazine groups is 1. The van der Waals surface area contributed by atoms with E-state index in [-0.39, 0.29) is 5.92 Å². The molecule has 2 aliphatic rings. The van der Waals surface area contributed by atoms with Gasteiger partial charge in [0.15, 0.2) is 11.7 Å². The molecule has 0 radical (unpaired) electrons. The second-order valence-corrected chi connectivity index (χ2v) is 6.40. The maximum atomic E-state index is 13.0. The van der Waals surface area contributed by atoms with Gasteiger partial charge < -0.3 is 10.4 Å². The van der Waals surface area contributed by atoms with E-state index in [0.29, 0.717) is 0 Å². The van der Waals surface area contributed by atoms with E-state index in [1.165, 1.54) is 12.1 Å². The predicted octanol–water partition coefficient (Wildman–Crippen LogP) is 0.131. The van der Waals surface area contributed by atoms with E-state index in [9.17, 15) is 19.2 Å². The lowest BCUT2D eigenvalue weighted by Gasteiger charge is -2.42. The largest absolute Gasteiger partial charge is 0.480 e. The maximum Gasteiger partial charge on any atom is 0.322 e. The number of aliphatic carboxylic acids is 1. The first-order valence-electron chi connectivity index (χ1n) is 8.15. The van der Waals surface area contributed by atoms with Crippen LogP contribution in [0.5, 0.6) is 0 Å². The maximum absolute atomic E-state index is 13.0. The summed E-state index contributed by atoms with van der Waals surface area (Å²) < 4.78 is 0. The van der Waals surface area contributed by atoms with Gasteiger partial charge in [-0.05, 0) is 18.1 Å². The zero-order valence-electron chi connectivity index (χ0n) is 14.4. The van der Waals surface area contributed by atoms with Crippen molar-refractivity contribution in [3.05, 3.63) is 47.7 Å². The molecule has 8 heteroatoms. The van der Waals surface area contributed by atoms with Crippen molar-refractivity contribution in [2.45, 2.75) is 18.9 Å². The first kappa shape index (κ1) is 17.7. The highest BCUT2D eigenvalue weighted by atomic mass is 16.4. The number of carboxylic acids is 1. The summed E-state index contributed by atoms with van der Waals surface area (Å²) in [5, 5.41) is 13.7. The number of carboxylic acid groups (broad SMARTS) is 1. The molecule has 0 saturated carbocycles. The van der Waals surface area contributed by atoms with Crippen LogP contribution < -0.4 is 5.32 Å². The molecular weight excluding hydrogens is 338 g/mol. The van der Waals surface area contributed by atoms with E-state index < -0.39 is 42.1 Å². The highest BCUT2D eigenvalue weighted by Gasteiger charge is 2.53. The predicted molar refractivity (Wildman–Crippen MR) is 90.5 cm³/mol. The molecule has 0 aliphatic carbocycles. The van der Waals surface area contributed by atoms with Crippen LogP contribution in [0.1, 0.15) is 18.4 Å². The molecule has 3 atom stereocenters. The molecule has 136 valence electrons. The van der Waals surface area contributed by atoms with Crippen LogP contribution in [0, 0.1) is 5.92 Å². The lowest BCUT2D eigenvalue weighted by molar-refractivity contribution is -0.167. The average Bonchev–Trinajstić information content (AvgIpc) is 2.96. The number of ketones is 1. The minimum absolute atomic E-state index is 0.283. The first-order valence-corrected chi connectivity index (χ1v) is 8.15. The summed E-state index contributed by atoms with van der Waals surface area (Å²) in [6.45, 7) is 1.23. The molecular formula is C18H19N3O5. The fraction of sp³-hybridized carbons (Fsp3) is 0.333. The molecule has 1 fully saturated rings. The first-order chi connectivity index (χ1) is 12.3. The van der Waals surface area contributed by atoms with Crippen molar-refractivity contribution >= 4 is 23.6 Å². The van der Waals surface area contributed by atoms with Gasteiger partial charge in [-0.2, -0.15) is 0 Å². The summed E-state index contributed by atoms with van der Waals surface area (Å²) in [6.07, 6.45) is 1.74. The molecule has 2 aliphatic heterocycles. The highest BCUT2D eigenvalue weighted by molar-refractivity contribution is 6.21. The Bertz CT molecular complexity index is 804. The van der Waals surface area contributed by atoms with Gasteiger partial charge in [-0.1, -0.05) is 30.3 Å². The number of fused-ring (bicyclic) bond motifs is 1. The molecule has 2 N–H and O–H groups in total. The molecule has 1 saturated heterocycles. The monoisotopic (exact) mass is 357 g/mol. The summed E-state index contributed by atoms with van der Waals surface area (Å²) in [5.74, 6) is -5.17. The van der Waals surface area contributed by atoms with Crippen molar-refractivity contribution in [2.24, 2.45) is 5.92 Å². The van der Waals surface area contributed by atoms with Gasteiger partial charge in [0.2, 0.25) is 5.91 Å². The number of hydrogen-bond donors (Lipinski definition) is 2. The van der Waals surface area contributed by atoms with E-state index in [1.54, 1.807) is 11.2 Å². The summed E-state index contributed by atoms with van der Waals surface area (Å²) in [7, 11) is 1.50. The van der Waals surface area contributed by atoms with E-state index in [0.717, 1.165) is 11.1 Å². The van der Waals surface area contributed by atoms with Gasteiger partial charge in [0.05, 0.1) is 0 Å². The average molecular weight is 357 g/mol. The molecule has 26 heavy (non-hydrogen) atoms. The van der Waals surface area contributed by atoms with Gasteiger partial charge in [0.1, 0.15) is 12.6 Å². The van der Waals surface area contributed by atoms with Crippen LogP contribution in [0.4, 0.5) is 0 Å². The molecule has 0 spiro atoms. The fourth-order valence-corrected chi connectivity index (χ4v) is 3.54. The normalized spacial score (nSPS) is 25.0. The third kappa shape index (κ3) is 2.83. The number of Topliss-reactive ketones (excluding diaryl/α,β-unsaturated/α-hetero) is 1. The van der Waals surface area contributed by atoms with Gasteiger partial charge in [-0.3, -0.25) is 29.2 Å². The van der Waals surface area contributed by atoms with E-state index in [4.69, 9.17) is 5.11 Å². The Kier molecular flexibility index (Phi) is 4.50. The van der Waals surface area contributed by atoms with E-state index in [1.807, 2.05) is 37.3 Å². The van der Waals surface area contributed by atoms with E-state index in [2.05, 4.69) is 5.32 Å². The van der Waals surface area contributed by atoms with Crippen molar-refractivity contribution in [3.8, 4) is 0 Å². The second kappa shape index (κ2) is 6.62. The third-order valence-corrected chi connectivity index (χ3v) is 4.75. The van der Waals surface area contributed by atoms with E-state index >= 15 is 0 Å². The van der Waals surface area contributed by atoms with Crippen LogP contribution in [0.2, 0.25) is 0 Å². The van der Waals surface area contributed by atoms with Crippen molar-refractivity contribution in [3.63, 3.8) is 0 Å². The molecule has 3 rings (SSSR count). The van der Waals surface area contributed by atoms with Crippen LogP contribution in [0.25, 0.3) is 0 Å². The smallest absolute Gasteiger partial charge is 0.322 e. The van der Waals surface area contributed by atoms with Crippen molar-refractivity contribution in [1.29, 1.82) is 0 Å². The SMILES string of the molecule is CC1=CN2C(C(=O)C(C(=O)NCC(=O)O)C(=O)N2C)C1c1ccccc1. The Hall–Kier alpha value is -3.16. The summed E-state index contributed by atoms with van der Waals surface area (Å²) in [6, 6.07) is 8.68. The zero-order chi connectivity index (χ0) is 19.0. The standard InChI is InChI=1S/C18H19N3O5/c1-10-9-21-15(13(10)11-6-4-3-5-7-11)16(24)14(18(26)20(21)2)17(25)19-8-12(22)23/h3-7,9,13-15H,8H2,1-2H3,(H,19,25)(H,22,23). The lowest BCUT2D eigenvalue weighted by atomic mass is 9.81. The van der Waals surface area contributed by atoms with Gasteiger partial charge in [0, 0.05) is 19.2 Å². The molecule has 2 amide bonds. The number of rotatable bonds is 4. The highest BCUT2D eigenvalue weighted by Crippen LogP contribution is 2.41. The molecule has 8 nitrogen and oxygen atoms in total. The molecule has 1 aromatic carbocycles. The Morgan fingerprint density at radius 3 is 2.46 bits per heavy atom. The second-order valence-electron chi connectivity index (χ2n) is 6.40.